The van der Waals surface area contributed by atoms with Crippen molar-refractivity contribution < 1.29 is 27.5 Å². The Morgan fingerprint density at radius 2 is 2.18 bits per heavy atom. The highest BCUT2D eigenvalue weighted by Gasteiger charge is 2.38. The van der Waals surface area contributed by atoms with Gasteiger partial charge < -0.3 is 20.3 Å². The van der Waals surface area contributed by atoms with Crippen LogP contribution in [0.2, 0.25) is 0 Å². The summed E-state index contributed by atoms with van der Waals surface area (Å²) in [6.45, 7) is 2.60. The van der Waals surface area contributed by atoms with Crippen LogP contribution in [0.3, 0.4) is 0 Å². The number of nitrogens with two attached hydrogens (primary N) is 1. The molecular formula is C17H22F3N5O3. The Morgan fingerprint density at radius 3 is 2.89 bits per heavy atom. The van der Waals surface area contributed by atoms with Gasteiger partial charge in [-0.3, -0.25) is 9.59 Å². The maximum Gasteiger partial charge on any atom is 0.433 e. The summed E-state index contributed by atoms with van der Waals surface area (Å²) in [5.74, 6) is -0.455. The van der Waals surface area contributed by atoms with Gasteiger partial charge in [0, 0.05) is 37.7 Å². The zero-order valence-electron chi connectivity index (χ0n) is 15.4. The highest BCUT2D eigenvalue weighted by atomic mass is 19.4. The predicted octanol–water partition coefficient (Wildman–Crippen LogP) is 0.345. The molecule has 1 aromatic rings. The molecule has 2 amide bonds. The van der Waals surface area contributed by atoms with E-state index in [4.69, 9.17) is 10.5 Å². The molecule has 2 aliphatic rings. The summed E-state index contributed by atoms with van der Waals surface area (Å²) in [7, 11) is 0. The van der Waals surface area contributed by atoms with Gasteiger partial charge >= 0.3 is 6.18 Å². The van der Waals surface area contributed by atoms with Gasteiger partial charge in [-0.15, -0.1) is 0 Å². The van der Waals surface area contributed by atoms with E-state index in [0.29, 0.717) is 6.54 Å². The van der Waals surface area contributed by atoms with Crippen molar-refractivity contribution in [1.29, 1.82) is 0 Å². The van der Waals surface area contributed by atoms with Gasteiger partial charge in [-0.2, -0.15) is 13.2 Å². The molecule has 28 heavy (non-hydrogen) atoms. The number of fused-ring (bicyclic) bond motifs is 1. The number of morpholine rings is 1. The van der Waals surface area contributed by atoms with Crippen molar-refractivity contribution in [1.82, 2.24) is 19.8 Å². The number of hydrogen-bond acceptors (Lipinski definition) is 6. The van der Waals surface area contributed by atoms with E-state index < -0.39 is 17.9 Å². The molecule has 1 fully saturated rings. The zero-order chi connectivity index (χ0) is 20.5. The molecule has 11 heteroatoms. The largest absolute Gasteiger partial charge is 0.433 e. The molecule has 0 radical (unpaired) electrons. The lowest BCUT2D eigenvalue weighted by Gasteiger charge is -2.33. The van der Waals surface area contributed by atoms with Gasteiger partial charge in [-0.1, -0.05) is 0 Å². The highest BCUT2D eigenvalue weighted by molar-refractivity contribution is 5.79. The van der Waals surface area contributed by atoms with Crippen LogP contribution in [0.4, 0.5) is 13.2 Å². The molecule has 3 heterocycles. The summed E-state index contributed by atoms with van der Waals surface area (Å²) in [6, 6.07) is -0.570. The number of alkyl halides is 3. The van der Waals surface area contributed by atoms with E-state index in [1.165, 1.54) is 4.90 Å². The summed E-state index contributed by atoms with van der Waals surface area (Å²) in [6.07, 6.45) is -3.76. The summed E-state index contributed by atoms with van der Waals surface area (Å²) in [5, 5.41) is 0. The average molecular weight is 401 g/mol. The summed E-state index contributed by atoms with van der Waals surface area (Å²) < 4.78 is 44.4. The Hall–Kier alpha value is -2.27. The minimum atomic E-state index is -4.55. The Balaban J connectivity index is 1.60. The van der Waals surface area contributed by atoms with Crippen LogP contribution < -0.4 is 5.73 Å². The van der Waals surface area contributed by atoms with Crippen LogP contribution in [0.15, 0.2) is 6.33 Å². The lowest BCUT2D eigenvalue weighted by atomic mass is 10.0. The van der Waals surface area contributed by atoms with E-state index in [-0.39, 0.29) is 68.3 Å². The van der Waals surface area contributed by atoms with Crippen molar-refractivity contribution in [2.24, 2.45) is 5.73 Å². The first-order valence-electron chi connectivity index (χ1n) is 8.97. The molecule has 0 spiro atoms. The molecule has 8 nitrogen and oxygen atoms in total. The first kappa shape index (κ1) is 20.5. The fourth-order valence-electron chi connectivity index (χ4n) is 3.46. The third-order valence-corrected chi connectivity index (χ3v) is 4.84. The summed E-state index contributed by atoms with van der Waals surface area (Å²) >= 11 is 0. The van der Waals surface area contributed by atoms with Gasteiger partial charge in [0.2, 0.25) is 11.8 Å². The normalized spacial score (nSPS) is 21.5. The molecule has 3 rings (SSSR count). The number of nitrogens with zero attached hydrogens (tertiary/aromatic N) is 4. The average Bonchev–Trinajstić information content (AvgIpc) is 2.62. The summed E-state index contributed by atoms with van der Waals surface area (Å²) in [4.78, 5) is 34.7. The minimum Gasteiger partial charge on any atom is -0.367 e. The molecule has 1 aromatic heterocycles. The van der Waals surface area contributed by atoms with E-state index in [1.807, 2.05) is 6.92 Å². The number of rotatable bonds is 4. The lowest BCUT2D eigenvalue weighted by Crippen LogP contribution is -2.51. The van der Waals surface area contributed by atoms with Gasteiger partial charge in [0.05, 0.1) is 18.3 Å². The van der Waals surface area contributed by atoms with E-state index in [1.54, 1.807) is 4.90 Å². The topological polar surface area (TPSA) is 102 Å². The predicted molar refractivity (Wildman–Crippen MR) is 90.7 cm³/mol. The van der Waals surface area contributed by atoms with Gasteiger partial charge in [-0.25, -0.2) is 9.97 Å². The molecule has 1 saturated heterocycles. The van der Waals surface area contributed by atoms with Crippen molar-refractivity contribution in [2.75, 3.05) is 26.2 Å². The maximum absolute atomic E-state index is 13.1. The van der Waals surface area contributed by atoms with Crippen molar-refractivity contribution in [3.05, 3.63) is 23.3 Å². The second kappa shape index (κ2) is 8.00. The molecule has 2 atom stereocenters. The van der Waals surface area contributed by atoms with Gasteiger partial charge in [-0.05, 0) is 13.3 Å². The lowest BCUT2D eigenvalue weighted by molar-refractivity contribution is -0.148. The van der Waals surface area contributed by atoms with E-state index in [2.05, 4.69) is 9.97 Å². The van der Waals surface area contributed by atoms with E-state index >= 15 is 0 Å². The SMILES string of the molecule is C[C@H]1CN(C[C@@H](N)CC(=O)N2CCc3c(ncnc3C(F)(F)F)C2)C(=O)CO1. The Labute approximate surface area is 159 Å². The smallest absolute Gasteiger partial charge is 0.367 e. The molecule has 0 aliphatic carbocycles. The quantitative estimate of drug-likeness (QED) is 0.781. The molecule has 0 bridgehead atoms. The highest BCUT2D eigenvalue weighted by Crippen LogP contribution is 2.33. The molecular weight excluding hydrogens is 379 g/mol. The van der Waals surface area contributed by atoms with Crippen molar-refractivity contribution in [2.45, 2.75) is 44.6 Å². The minimum absolute atomic E-state index is 0.00795. The fraction of sp³-hybridized carbons (Fsp3) is 0.647. The number of carbonyl (C=O) groups excluding carboxylic acids is 2. The van der Waals surface area contributed by atoms with Crippen molar-refractivity contribution in [3.63, 3.8) is 0 Å². The second-order valence-electron chi connectivity index (χ2n) is 7.10. The number of aromatic nitrogens is 2. The second-order valence-corrected chi connectivity index (χ2v) is 7.10. The first-order valence-corrected chi connectivity index (χ1v) is 8.97. The fourth-order valence-corrected chi connectivity index (χ4v) is 3.46. The standard InChI is InChI=1S/C17H22F3N5O3/c1-10-5-25(15(27)8-28-10)6-11(21)4-14(26)24-3-2-12-13(7-24)22-9-23-16(12)17(18,19)20/h9-11H,2-8,21H2,1H3/t10-,11-/m0/s1. The zero-order valence-corrected chi connectivity index (χ0v) is 15.4. The van der Waals surface area contributed by atoms with E-state index in [0.717, 1.165) is 6.33 Å². The van der Waals surface area contributed by atoms with Crippen LogP contribution in [0.1, 0.15) is 30.3 Å². The van der Waals surface area contributed by atoms with Crippen LogP contribution in [-0.2, 0) is 33.5 Å². The monoisotopic (exact) mass is 401 g/mol. The van der Waals surface area contributed by atoms with Crippen molar-refractivity contribution >= 4 is 11.8 Å². The third kappa shape index (κ3) is 4.58. The number of amides is 2. The maximum atomic E-state index is 13.1. The van der Waals surface area contributed by atoms with Gasteiger partial charge in [0.15, 0.2) is 5.69 Å². The number of ether oxygens (including phenoxy) is 1. The molecule has 0 aromatic carbocycles. The Morgan fingerprint density at radius 1 is 1.43 bits per heavy atom. The first-order chi connectivity index (χ1) is 13.1. The van der Waals surface area contributed by atoms with Crippen LogP contribution in [0, 0.1) is 0 Å². The van der Waals surface area contributed by atoms with Crippen LogP contribution >= 0.6 is 0 Å². The van der Waals surface area contributed by atoms with Gasteiger partial charge in [0.1, 0.15) is 12.9 Å². The Bertz CT molecular complexity index is 758. The van der Waals surface area contributed by atoms with Crippen LogP contribution in [0.5, 0.6) is 0 Å². The van der Waals surface area contributed by atoms with Crippen LogP contribution in [-0.4, -0.2) is 70.0 Å². The van der Waals surface area contributed by atoms with Crippen LogP contribution in [0.25, 0.3) is 0 Å². The molecule has 2 N–H and O–H groups in total. The molecule has 0 saturated carbocycles. The van der Waals surface area contributed by atoms with E-state index in [9.17, 15) is 22.8 Å². The number of hydrogen-bond donors (Lipinski definition) is 1. The third-order valence-electron chi connectivity index (χ3n) is 4.84. The summed E-state index contributed by atoms with van der Waals surface area (Å²) in [5.41, 5.74) is 5.34. The molecule has 0 unspecified atom stereocenters. The van der Waals surface area contributed by atoms with Gasteiger partial charge in [0.25, 0.3) is 0 Å². The molecule has 2 aliphatic heterocycles. The number of carbonyl (C=O) groups is 2. The number of halogens is 3. The van der Waals surface area contributed by atoms with Crippen molar-refractivity contribution in [3.8, 4) is 0 Å². The Kier molecular flexibility index (Phi) is 5.84. The molecule has 154 valence electrons.